The molecule has 0 radical (unpaired) electrons. The van der Waals surface area contributed by atoms with E-state index in [4.69, 9.17) is 0 Å². The van der Waals surface area contributed by atoms with Crippen molar-refractivity contribution in [2.45, 2.75) is 55.2 Å². The molecular weight excluding hydrogens is 306 g/mol. The van der Waals surface area contributed by atoms with Crippen LogP contribution in [0, 0.1) is 0 Å². The van der Waals surface area contributed by atoms with Crippen molar-refractivity contribution in [1.29, 1.82) is 0 Å². The van der Waals surface area contributed by atoms with Gasteiger partial charge in [0.05, 0.1) is 0 Å². The Morgan fingerprint density at radius 1 is 1.28 bits per heavy atom. The highest BCUT2D eigenvalue weighted by molar-refractivity contribution is 9.10. The van der Waals surface area contributed by atoms with Gasteiger partial charge in [-0.1, -0.05) is 35.2 Å². The summed E-state index contributed by atoms with van der Waals surface area (Å²) in [7, 11) is 2.03. The van der Waals surface area contributed by atoms with Crippen molar-refractivity contribution in [1.82, 2.24) is 5.32 Å². The van der Waals surface area contributed by atoms with Gasteiger partial charge in [0.2, 0.25) is 0 Å². The molecule has 1 atom stereocenters. The lowest BCUT2D eigenvalue weighted by Gasteiger charge is -2.23. The third kappa shape index (κ3) is 3.75. The van der Waals surface area contributed by atoms with Crippen LogP contribution < -0.4 is 5.32 Å². The van der Waals surface area contributed by atoms with Gasteiger partial charge in [0.1, 0.15) is 0 Å². The minimum Gasteiger partial charge on any atom is -0.313 e. The fourth-order valence-corrected chi connectivity index (χ4v) is 4.31. The average molecular weight is 328 g/mol. The second kappa shape index (κ2) is 6.97. The summed E-state index contributed by atoms with van der Waals surface area (Å²) in [6.07, 6.45) is 7.01. The molecule has 1 fully saturated rings. The van der Waals surface area contributed by atoms with Gasteiger partial charge in [0, 0.05) is 20.7 Å². The Hall–Kier alpha value is 0.01000. The lowest BCUT2D eigenvalue weighted by molar-refractivity contribution is 0.515. The highest BCUT2D eigenvalue weighted by Gasteiger charge is 2.17. The molecule has 0 bridgehead atoms. The lowest BCUT2D eigenvalue weighted by Crippen LogP contribution is -2.14. The normalized spacial score (nSPS) is 18.8. The molecule has 3 heteroatoms. The molecule has 0 saturated heterocycles. The number of halogens is 1. The minimum atomic E-state index is 0.411. The van der Waals surface area contributed by atoms with Crippen LogP contribution in [0.1, 0.15) is 50.6 Å². The van der Waals surface area contributed by atoms with Crippen LogP contribution in [-0.4, -0.2) is 12.3 Å². The largest absolute Gasteiger partial charge is 0.313 e. The maximum atomic E-state index is 3.58. The molecule has 2 rings (SSSR count). The zero-order valence-corrected chi connectivity index (χ0v) is 13.6. The van der Waals surface area contributed by atoms with E-state index in [2.05, 4.69) is 58.1 Å². The molecule has 1 nitrogen and oxygen atoms in total. The van der Waals surface area contributed by atoms with Gasteiger partial charge in [-0.3, -0.25) is 0 Å². The predicted octanol–water partition coefficient (Wildman–Crippen LogP) is 5.15. The Labute approximate surface area is 123 Å². The number of thioether (sulfide) groups is 1. The van der Waals surface area contributed by atoms with Crippen molar-refractivity contribution < 1.29 is 0 Å². The average Bonchev–Trinajstić information content (AvgIpc) is 2.41. The number of rotatable bonds is 4. The summed E-state index contributed by atoms with van der Waals surface area (Å²) >= 11 is 5.66. The molecule has 1 saturated carbocycles. The molecule has 0 spiro atoms. The third-order valence-corrected chi connectivity index (χ3v) is 5.64. The lowest BCUT2D eigenvalue weighted by atomic mass is 10.0. The van der Waals surface area contributed by atoms with E-state index in [9.17, 15) is 0 Å². The van der Waals surface area contributed by atoms with Gasteiger partial charge >= 0.3 is 0 Å². The fraction of sp³-hybridized carbons (Fsp3) is 0.600. The number of benzene rings is 1. The SMILES string of the molecule is CNC(C)c1cc(Br)ccc1SC1CCCCC1. The second-order valence-electron chi connectivity index (χ2n) is 5.07. The molecule has 1 aliphatic carbocycles. The molecule has 1 aliphatic rings. The minimum absolute atomic E-state index is 0.411. The van der Waals surface area contributed by atoms with Crippen molar-refractivity contribution in [2.24, 2.45) is 0 Å². The maximum Gasteiger partial charge on any atom is 0.0300 e. The summed E-state index contributed by atoms with van der Waals surface area (Å²) in [4.78, 5) is 1.45. The first-order valence-corrected chi connectivity index (χ1v) is 8.51. The Bertz CT molecular complexity index is 388. The molecule has 1 unspecified atom stereocenters. The summed E-state index contributed by atoms with van der Waals surface area (Å²) in [6.45, 7) is 2.23. The zero-order valence-electron chi connectivity index (χ0n) is 11.2. The van der Waals surface area contributed by atoms with E-state index in [1.165, 1.54) is 47.0 Å². The first-order chi connectivity index (χ1) is 8.70. The summed E-state index contributed by atoms with van der Waals surface area (Å²) in [5, 5.41) is 4.17. The fourth-order valence-electron chi connectivity index (χ4n) is 2.48. The van der Waals surface area contributed by atoms with Gasteiger partial charge < -0.3 is 5.32 Å². The van der Waals surface area contributed by atoms with Crippen LogP contribution in [0.3, 0.4) is 0 Å². The quantitative estimate of drug-likeness (QED) is 0.820. The van der Waals surface area contributed by atoms with Crippen LogP contribution in [0.2, 0.25) is 0 Å². The monoisotopic (exact) mass is 327 g/mol. The number of nitrogens with one attached hydrogen (secondary N) is 1. The molecule has 0 aromatic heterocycles. The highest BCUT2D eigenvalue weighted by atomic mass is 79.9. The van der Waals surface area contributed by atoms with Crippen LogP contribution in [0.5, 0.6) is 0 Å². The van der Waals surface area contributed by atoms with Crippen molar-refractivity contribution in [3.05, 3.63) is 28.2 Å². The van der Waals surface area contributed by atoms with Gasteiger partial charge in [-0.2, -0.15) is 0 Å². The summed E-state index contributed by atoms with van der Waals surface area (Å²) in [6, 6.07) is 7.10. The molecule has 0 heterocycles. The Kier molecular flexibility index (Phi) is 5.58. The Morgan fingerprint density at radius 2 is 2.00 bits per heavy atom. The summed E-state index contributed by atoms with van der Waals surface area (Å²) in [5.74, 6) is 0. The molecule has 1 N–H and O–H groups in total. The van der Waals surface area contributed by atoms with Crippen molar-refractivity contribution in [3.63, 3.8) is 0 Å². The number of hydrogen-bond donors (Lipinski definition) is 1. The Morgan fingerprint density at radius 3 is 2.67 bits per heavy atom. The van der Waals surface area contributed by atoms with Crippen LogP contribution in [0.25, 0.3) is 0 Å². The third-order valence-electron chi connectivity index (χ3n) is 3.72. The van der Waals surface area contributed by atoms with E-state index in [0.717, 1.165) is 5.25 Å². The molecule has 1 aromatic carbocycles. The van der Waals surface area contributed by atoms with Gasteiger partial charge in [-0.25, -0.2) is 0 Å². The van der Waals surface area contributed by atoms with Crippen molar-refractivity contribution in [3.8, 4) is 0 Å². The van der Waals surface area contributed by atoms with Gasteiger partial charge in [-0.15, -0.1) is 11.8 Å². The summed E-state index contributed by atoms with van der Waals surface area (Å²) in [5.41, 5.74) is 1.42. The van der Waals surface area contributed by atoms with Crippen molar-refractivity contribution in [2.75, 3.05) is 7.05 Å². The highest BCUT2D eigenvalue weighted by Crippen LogP contribution is 2.37. The van der Waals surface area contributed by atoms with Crippen LogP contribution in [0.4, 0.5) is 0 Å². The molecule has 100 valence electrons. The molecule has 18 heavy (non-hydrogen) atoms. The van der Waals surface area contributed by atoms with Gasteiger partial charge in [0.15, 0.2) is 0 Å². The van der Waals surface area contributed by atoms with E-state index in [1.54, 1.807) is 0 Å². The molecular formula is C15H22BrNS. The Balaban J connectivity index is 2.15. The van der Waals surface area contributed by atoms with Gasteiger partial charge in [0.25, 0.3) is 0 Å². The first kappa shape index (κ1) is 14.4. The van der Waals surface area contributed by atoms with E-state index < -0.39 is 0 Å². The standard InChI is InChI=1S/C15H22BrNS/c1-11(17-2)14-10-12(16)8-9-15(14)18-13-6-4-3-5-7-13/h8-11,13,17H,3-7H2,1-2H3. The van der Waals surface area contributed by atoms with E-state index >= 15 is 0 Å². The molecule has 0 aliphatic heterocycles. The van der Waals surface area contributed by atoms with Crippen LogP contribution in [0.15, 0.2) is 27.6 Å². The predicted molar refractivity (Wildman–Crippen MR) is 84.3 cm³/mol. The van der Waals surface area contributed by atoms with Gasteiger partial charge in [-0.05, 0) is 50.6 Å². The maximum absolute atomic E-state index is 3.58. The smallest absolute Gasteiger partial charge is 0.0300 e. The van der Waals surface area contributed by atoms with Crippen LogP contribution in [-0.2, 0) is 0 Å². The summed E-state index contributed by atoms with van der Waals surface area (Å²) < 4.78 is 1.17. The topological polar surface area (TPSA) is 12.0 Å². The molecule has 0 amide bonds. The van der Waals surface area contributed by atoms with Crippen LogP contribution >= 0.6 is 27.7 Å². The number of hydrogen-bond acceptors (Lipinski definition) is 2. The van der Waals surface area contributed by atoms with E-state index in [-0.39, 0.29) is 0 Å². The molecule has 1 aromatic rings. The van der Waals surface area contributed by atoms with E-state index in [0.29, 0.717) is 6.04 Å². The van der Waals surface area contributed by atoms with E-state index in [1.807, 2.05) is 7.05 Å². The second-order valence-corrected chi connectivity index (χ2v) is 7.33. The first-order valence-electron chi connectivity index (χ1n) is 6.84. The zero-order chi connectivity index (χ0) is 13.0. The van der Waals surface area contributed by atoms with Crippen molar-refractivity contribution >= 4 is 27.7 Å².